The first kappa shape index (κ1) is 18.6. The van der Waals surface area contributed by atoms with Crippen LogP contribution in [0.3, 0.4) is 0 Å². The first-order chi connectivity index (χ1) is 12.9. The standard InChI is InChI=1S/C18H16F3N3O3/c1-25-13-8-12-14(16(27-3)15(13)26-2)22-9-23-17(12)24-11-6-4-10(5-7-11)18(19,20)21/h4-9H,1-3H3,(H,22,23,24). The van der Waals surface area contributed by atoms with Gasteiger partial charge in [0.1, 0.15) is 17.7 Å². The third-order valence-electron chi connectivity index (χ3n) is 3.91. The van der Waals surface area contributed by atoms with Gasteiger partial charge in [0.05, 0.1) is 32.3 Å². The fraction of sp³-hybridized carbons (Fsp3) is 0.222. The molecule has 0 radical (unpaired) electrons. The van der Waals surface area contributed by atoms with Gasteiger partial charge in [-0.3, -0.25) is 0 Å². The van der Waals surface area contributed by atoms with Crippen molar-refractivity contribution in [3.05, 3.63) is 42.2 Å². The SMILES string of the molecule is COc1cc2c(Nc3ccc(C(F)(F)F)cc3)ncnc2c(OC)c1OC. The van der Waals surface area contributed by atoms with Crippen molar-refractivity contribution in [2.24, 2.45) is 0 Å². The number of aromatic nitrogens is 2. The summed E-state index contributed by atoms with van der Waals surface area (Å²) in [5.74, 6) is 1.54. The molecule has 3 rings (SSSR count). The number of halogens is 3. The molecule has 0 fully saturated rings. The average molecular weight is 379 g/mol. The summed E-state index contributed by atoms with van der Waals surface area (Å²) in [4.78, 5) is 8.41. The van der Waals surface area contributed by atoms with Gasteiger partial charge in [-0.25, -0.2) is 9.97 Å². The minimum Gasteiger partial charge on any atom is -0.493 e. The minimum absolute atomic E-state index is 0.365. The van der Waals surface area contributed by atoms with Gasteiger partial charge in [0.25, 0.3) is 0 Å². The summed E-state index contributed by atoms with van der Waals surface area (Å²) in [5.41, 5.74) is 0.185. The van der Waals surface area contributed by atoms with E-state index in [9.17, 15) is 13.2 Å². The number of benzene rings is 2. The molecule has 1 heterocycles. The molecule has 3 aromatic rings. The van der Waals surface area contributed by atoms with Crippen molar-refractivity contribution in [1.29, 1.82) is 0 Å². The molecule has 1 aromatic heterocycles. The zero-order chi connectivity index (χ0) is 19.6. The van der Waals surface area contributed by atoms with Crippen LogP contribution in [0.5, 0.6) is 17.2 Å². The van der Waals surface area contributed by atoms with Crippen molar-refractivity contribution in [2.45, 2.75) is 6.18 Å². The zero-order valence-corrected chi connectivity index (χ0v) is 14.7. The zero-order valence-electron chi connectivity index (χ0n) is 14.7. The Morgan fingerprint density at radius 1 is 0.889 bits per heavy atom. The number of rotatable bonds is 5. The van der Waals surface area contributed by atoms with Gasteiger partial charge in [0.2, 0.25) is 5.75 Å². The summed E-state index contributed by atoms with van der Waals surface area (Å²) >= 11 is 0. The number of nitrogens with zero attached hydrogens (tertiary/aromatic N) is 2. The summed E-state index contributed by atoms with van der Waals surface area (Å²) in [5, 5.41) is 3.56. The number of ether oxygens (including phenoxy) is 3. The topological polar surface area (TPSA) is 65.5 Å². The Kier molecular flexibility index (Phi) is 4.93. The smallest absolute Gasteiger partial charge is 0.416 e. The number of hydrogen-bond acceptors (Lipinski definition) is 6. The number of alkyl halides is 3. The molecule has 0 saturated heterocycles. The van der Waals surface area contributed by atoms with Crippen LogP contribution < -0.4 is 19.5 Å². The van der Waals surface area contributed by atoms with Crippen molar-refractivity contribution in [3.8, 4) is 17.2 Å². The average Bonchev–Trinajstić information content (AvgIpc) is 2.66. The maximum Gasteiger partial charge on any atom is 0.416 e. The van der Waals surface area contributed by atoms with E-state index in [-0.39, 0.29) is 0 Å². The maximum atomic E-state index is 12.7. The molecule has 0 aliphatic rings. The Bertz CT molecular complexity index is 960. The monoisotopic (exact) mass is 379 g/mol. The lowest BCUT2D eigenvalue weighted by Crippen LogP contribution is -2.05. The van der Waals surface area contributed by atoms with Gasteiger partial charge in [-0.1, -0.05) is 0 Å². The molecule has 0 atom stereocenters. The van der Waals surface area contributed by atoms with Crippen LogP contribution in [0, 0.1) is 0 Å². The molecule has 9 heteroatoms. The lowest BCUT2D eigenvalue weighted by Gasteiger charge is -2.16. The largest absolute Gasteiger partial charge is 0.493 e. The number of methoxy groups -OCH3 is 3. The van der Waals surface area contributed by atoms with Crippen LogP contribution in [0.1, 0.15) is 5.56 Å². The van der Waals surface area contributed by atoms with Crippen molar-refractivity contribution in [3.63, 3.8) is 0 Å². The molecule has 0 aliphatic heterocycles. The van der Waals surface area contributed by atoms with Crippen molar-refractivity contribution >= 4 is 22.4 Å². The fourth-order valence-electron chi connectivity index (χ4n) is 2.64. The molecule has 0 amide bonds. The van der Waals surface area contributed by atoms with Crippen LogP contribution in [0.4, 0.5) is 24.7 Å². The Hall–Kier alpha value is -3.23. The highest BCUT2D eigenvalue weighted by atomic mass is 19.4. The van der Waals surface area contributed by atoms with Gasteiger partial charge >= 0.3 is 6.18 Å². The van der Waals surface area contributed by atoms with Gasteiger partial charge in [0.15, 0.2) is 11.5 Å². The van der Waals surface area contributed by atoms with E-state index in [1.54, 1.807) is 6.07 Å². The van der Waals surface area contributed by atoms with Crippen LogP contribution in [0.2, 0.25) is 0 Å². The second-order valence-electron chi connectivity index (χ2n) is 5.46. The highest BCUT2D eigenvalue weighted by Gasteiger charge is 2.30. The van der Waals surface area contributed by atoms with Gasteiger partial charge in [0, 0.05) is 5.69 Å². The normalized spacial score (nSPS) is 11.3. The molecule has 142 valence electrons. The summed E-state index contributed by atoms with van der Waals surface area (Å²) in [6, 6.07) is 6.32. The molecule has 1 N–H and O–H groups in total. The van der Waals surface area contributed by atoms with Gasteiger partial charge < -0.3 is 19.5 Å². The van der Waals surface area contributed by atoms with Gasteiger partial charge in [-0.15, -0.1) is 0 Å². The highest BCUT2D eigenvalue weighted by Crippen LogP contribution is 2.44. The van der Waals surface area contributed by atoms with Crippen molar-refractivity contribution in [2.75, 3.05) is 26.6 Å². The summed E-state index contributed by atoms with van der Waals surface area (Å²) < 4.78 is 54.2. The first-order valence-electron chi connectivity index (χ1n) is 7.77. The summed E-state index contributed by atoms with van der Waals surface area (Å²) in [7, 11) is 4.44. The van der Waals surface area contributed by atoms with Crippen molar-refractivity contribution < 1.29 is 27.4 Å². The molecule has 0 unspecified atom stereocenters. The second kappa shape index (κ2) is 7.18. The number of hydrogen-bond donors (Lipinski definition) is 1. The van der Waals surface area contributed by atoms with Crippen LogP contribution >= 0.6 is 0 Å². The Morgan fingerprint density at radius 3 is 2.11 bits per heavy atom. The number of anilines is 2. The second-order valence-corrected chi connectivity index (χ2v) is 5.46. The van der Waals surface area contributed by atoms with Crippen LogP contribution in [0.15, 0.2) is 36.7 Å². The molecule has 0 saturated carbocycles. The van der Waals surface area contributed by atoms with Crippen LogP contribution in [-0.4, -0.2) is 31.3 Å². The van der Waals surface area contributed by atoms with E-state index in [0.717, 1.165) is 12.1 Å². The quantitative estimate of drug-likeness (QED) is 0.708. The lowest BCUT2D eigenvalue weighted by atomic mass is 10.1. The molecule has 6 nitrogen and oxygen atoms in total. The first-order valence-corrected chi connectivity index (χ1v) is 7.77. The van der Waals surface area contributed by atoms with E-state index < -0.39 is 11.7 Å². The summed E-state index contributed by atoms with van der Waals surface area (Å²) in [6.45, 7) is 0. The van der Waals surface area contributed by atoms with E-state index in [2.05, 4.69) is 15.3 Å². The highest BCUT2D eigenvalue weighted by molar-refractivity contribution is 5.97. The van der Waals surface area contributed by atoms with E-state index in [1.165, 1.54) is 39.8 Å². The molecular formula is C18H16F3N3O3. The molecule has 0 aliphatic carbocycles. The summed E-state index contributed by atoms with van der Waals surface area (Å²) in [6.07, 6.45) is -3.07. The number of nitrogens with one attached hydrogen (secondary N) is 1. The number of fused-ring (bicyclic) bond motifs is 1. The van der Waals surface area contributed by atoms with Gasteiger partial charge in [-0.2, -0.15) is 13.2 Å². The predicted molar refractivity (Wildman–Crippen MR) is 93.9 cm³/mol. The van der Waals surface area contributed by atoms with E-state index >= 15 is 0 Å². The van der Waals surface area contributed by atoms with Crippen LogP contribution in [0.25, 0.3) is 10.9 Å². The molecular weight excluding hydrogens is 363 g/mol. The van der Waals surface area contributed by atoms with E-state index in [1.807, 2.05) is 0 Å². The Balaban J connectivity index is 2.07. The van der Waals surface area contributed by atoms with E-state index in [0.29, 0.717) is 39.7 Å². The van der Waals surface area contributed by atoms with E-state index in [4.69, 9.17) is 14.2 Å². The lowest BCUT2D eigenvalue weighted by molar-refractivity contribution is -0.137. The predicted octanol–water partition coefficient (Wildman–Crippen LogP) is 4.42. The minimum atomic E-state index is -4.39. The Morgan fingerprint density at radius 2 is 1.56 bits per heavy atom. The van der Waals surface area contributed by atoms with Gasteiger partial charge in [-0.05, 0) is 30.3 Å². The van der Waals surface area contributed by atoms with Crippen molar-refractivity contribution in [1.82, 2.24) is 9.97 Å². The maximum absolute atomic E-state index is 12.7. The molecule has 0 spiro atoms. The molecule has 0 bridgehead atoms. The van der Waals surface area contributed by atoms with Crippen LogP contribution in [-0.2, 0) is 6.18 Å². The molecule has 2 aromatic carbocycles. The molecule has 27 heavy (non-hydrogen) atoms. The fourth-order valence-corrected chi connectivity index (χ4v) is 2.64. The third kappa shape index (κ3) is 3.53. The Labute approximate surface area is 152 Å². The third-order valence-corrected chi connectivity index (χ3v) is 3.91.